The molecule has 2 aromatic carbocycles. The second kappa shape index (κ2) is 5.75. The van der Waals surface area contributed by atoms with Gasteiger partial charge in [0.15, 0.2) is 0 Å². The van der Waals surface area contributed by atoms with Crippen molar-refractivity contribution in [3.05, 3.63) is 42.5 Å². The molecule has 0 aliphatic carbocycles. The number of nitrogens with zero attached hydrogens (tertiary/aromatic N) is 1. The standard InChI is InChI=1S/C16H19NO3S/c1-2-14-12-17(10-11-20-14)21(18,19)16-9-5-7-13-6-3-4-8-15(13)16/h3-9,14H,2,10-12H2,1H3. The minimum Gasteiger partial charge on any atom is -0.375 e. The molecule has 21 heavy (non-hydrogen) atoms. The lowest BCUT2D eigenvalue weighted by Gasteiger charge is -2.31. The summed E-state index contributed by atoms with van der Waals surface area (Å²) in [6.45, 7) is 3.32. The zero-order chi connectivity index (χ0) is 14.9. The van der Waals surface area contributed by atoms with Crippen LogP contribution in [-0.2, 0) is 14.8 Å². The van der Waals surface area contributed by atoms with Crippen LogP contribution in [0.2, 0.25) is 0 Å². The molecule has 1 aliphatic rings. The summed E-state index contributed by atoms with van der Waals surface area (Å²) in [4.78, 5) is 0.386. The van der Waals surface area contributed by atoms with Gasteiger partial charge in [-0.25, -0.2) is 8.42 Å². The van der Waals surface area contributed by atoms with Gasteiger partial charge in [0.2, 0.25) is 10.0 Å². The van der Waals surface area contributed by atoms with Gasteiger partial charge in [-0.3, -0.25) is 0 Å². The SMILES string of the molecule is CCC1CN(S(=O)(=O)c2cccc3ccccc23)CCO1. The van der Waals surface area contributed by atoms with Crippen LogP contribution in [0.1, 0.15) is 13.3 Å². The molecule has 0 amide bonds. The van der Waals surface area contributed by atoms with Crippen LogP contribution in [-0.4, -0.2) is 38.5 Å². The first-order valence-electron chi connectivity index (χ1n) is 7.22. The summed E-state index contributed by atoms with van der Waals surface area (Å²) >= 11 is 0. The minimum absolute atomic E-state index is 0.0106. The maximum absolute atomic E-state index is 12.9. The van der Waals surface area contributed by atoms with E-state index in [9.17, 15) is 8.42 Å². The molecule has 1 heterocycles. The number of morpholine rings is 1. The summed E-state index contributed by atoms with van der Waals surface area (Å²) in [5, 5.41) is 1.72. The first-order chi connectivity index (χ1) is 10.1. The van der Waals surface area contributed by atoms with Crippen molar-refractivity contribution in [2.75, 3.05) is 19.7 Å². The highest BCUT2D eigenvalue weighted by Gasteiger charge is 2.31. The number of sulfonamides is 1. The van der Waals surface area contributed by atoms with E-state index in [2.05, 4.69) is 0 Å². The van der Waals surface area contributed by atoms with Crippen LogP contribution in [0.4, 0.5) is 0 Å². The van der Waals surface area contributed by atoms with Crippen molar-refractivity contribution in [2.24, 2.45) is 0 Å². The Bertz CT molecular complexity index is 737. The Morgan fingerprint density at radius 2 is 1.95 bits per heavy atom. The summed E-state index contributed by atoms with van der Waals surface area (Å²) in [5.74, 6) is 0. The average molecular weight is 305 g/mol. The van der Waals surface area contributed by atoms with E-state index in [1.54, 1.807) is 16.4 Å². The lowest BCUT2D eigenvalue weighted by molar-refractivity contribution is -0.00275. The van der Waals surface area contributed by atoms with Gasteiger partial charge in [0.1, 0.15) is 0 Å². The molecule has 1 aliphatic heterocycles. The second-order valence-electron chi connectivity index (χ2n) is 5.24. The van der Waals surface area contributed by atoms with Crippen molar-refractivity contribution < 1.29 is 13.2 Å². The molecule has 0 aromatic heterocycles. The summed E-state index contributed by atoms with van der Waals surface area (Å²) < 4.78 is 33.0. The molecule has 5 heteroatoms. The van der Waals surface area contributed by atoms with E-state index in [-0.39, 0.29) is 6.10 Å². The Balaban J connectivity index is 2.04. The Hall–Kier alpha value is -1.43. The largest absolute Gasteiger partial charge is 0.375 e. The van der Waals surface area contributed by atoms with Crippen LogP contribution in [0.3, 0.4) is 0 Å². The van der Waals surface area contributed by atoms with E-state index in [1.165, 1.54) is 0 Å². The summed E-state index contributed by atoms with van der Waals surface area (Å²) in [6, 6.07) is 13.0. The normalized spacial score (nSPS) is 20.7. The van der Waals surface area contributed by atoms with Gasteiger partial charge in [0, 0.05) is 18.5 Å². The van der Waals surface area contributed by atoms with Crippen LogP contribution >= 0.6 is 0 Å². The van der Waals surface area contributed by atoms with Gasteiger partial charge in [0.05, 0.1) is 17.6 Å². The minimum atomic E-state index is -3.48. The first-order valence-corrected chi connectivity index (χ1v) is 8.66. The highest BCUT2D eigenvalue weighted by molar-refractivity contribution is 7.89. The fourth-order valence-electron chi connectivity index (χ4n) is 2.72. The van der Waals surface area contributed by atoms with E-state index in [0.29, 0.717) is 24.6 Å². The Labute approximate surface area is 125 Å². The zero-order valence-electron chi connectivity index (χ0n) is 12.0. The topological polar surface area (TPSA) is 46.6 Å². The molecular formula is C16H19NO3S. The van der Waals surface area contributed by atoms with Crippen molar-refractivity contribution >= 4 is 20.8 Å². The summed E-state index contributed by atoms with van der Waals surface area (Å²) in [5.41, 5.74) is 0. The first kappa shape index (κ1) is 14.5. The van der Waals surface area contributed by atoms with E-state index < -0.39 is 10.0 Å². The predicted molar refractivity (Wildman–Crippen MR) is 82.7 cm³/mol. The second-order valence-corrected chi connectivity index (χ2v) is 7.15. The van der Waals surface area contributed by atoms with E-state index in [0.717, 1.165) is 17.2 Å². The fraction of sp³-hybridized carbons (Fsp3) is 0.375. The molecular weight excluding hydrogens is 286 g/mol. The highest BCUT2D eigenvalue weighted by atomic mass is 32.2. The number of rotatable bonds is 3. The van der Waals surface area contributed by atoms with Crippen molar-refractivity contribution in [1.29, 1.82) is 0 Å². The summed E-state index contributed by atoms with van der Waals surface area (Å²) in [6.07, 6.45) is 0.810. The van der Waals surface area contributed by atoms with Crippen LogP contribution in [0.5, 0.6) is 0 Å². The Morgan fingerprint density at radius 3 is 2.76 bits per heavy atom. The van der Waals surface area contributed by atoms with Crippen molar-refractivity contribution in [2.45, 2.75) is 24.3 Å². The van der Waals surface area contributed by atoms with Crippen molar-refractivity contribution in [3.63, 3.8) is 0 Å². The van der Waals surface area contributed by atoms with E-state index in [1.807, 2.05) is 37.3 Å². The third kappa shape index (κ3) is 2.69. The van der Waals surface area contributed by atoms with Crippen LogP contribution in [0.15, 0.2) is 47.4 Å². The molecule has 0 saturated carbocycles. The molecule has 2 aromatic rings. The molecule has 0 radical (unpaired) electrons. The smallest absolute Gasteiger partial charge is 0.243 e. The van der Waals surface area contributed by atoms with Gasteiger partial charge < -0.3 is 4.74 Å². The third-order valence-electron chi connectivity index (χ3n) is 3.92. The molecule has 0 bridgehead atoms. The maximum Gasteiger partial charge on any atom is 0.243 e. The lowest BCUT2D eigenvalue weighted by atomic mass is 10.1. The highest BCUT2D eigenvalue weighted by Crippen LogP contribution is 2.27. The average Bonchev–Trinajstić information content (AvgIpc) is 2.54. The van der Waals surface area contributed by atoms with Gasteiger partial charge >= 0.3 is 0 Å². The van der Waals surface area contributed by atoms with Gasteiger partial charge in [-0.15, -0.1) is 0 Å². The van der Waals surface area contributed by atoms with E-state index in [4.69, 9.17) is 4.74 Å². The molecule has 112 valence electrons. The molecule has 1 unspecified atom stereocenters. The molecule has 0 N–H and O–H groups in total. The quantitative estimate of drug-likeness (QED) is 0.876. The van der Waals surface area contributed by atoms with Crippen molar-refractivity contribution in [1.82, 2.24) is 4.31 Å². The maximum atomic E-state index is 12.9. The van der Waals surface area contributed by atoms with Crippen LogP contribution in [0, 0.1) is 0 Å². The van der Waals surface area contributed by atoms with E-state index >= 15 is 0 Å². The Kier molecular flexibility index (Phi) is 3.97. The van der Waals surface area contributed by atoms with Crippen LogP contribution < -0.4 is 0 Å². The molecule has 0 spiro atoms. The third-order valence-corrected chi connectivity index (χ3v) is 5.85. The van der Waals surface area contributed by atoms with Gasteiger partial charge in [-0.05, 0) is 17.9 Å². The van der Waals surface area contributed by atoms with Crippen molar-refractivity contribution in [3.8, 4) is 0 Å². The number of fused-ring (bicyclic) bond motifs is 1. The Morgan fingerprint density at radius 1 is 1.19 bits per heavy atom. The number of hydrogen-bond donors (Lipinski definition) is 0. The molecule has 4 nitrogen and oxygen atoms in total. The molecule has 1 fully saturated rings. The van der Waals surface area contributed by atoms with Crippen LogP contribution in [0.25, 0.3) is 10.8 Å². The monoisotopic (exact) mass is 305 g/mol. The number of ether oxygens (including phenoxy) is 1. The van der Waals surface area contributed by atoms with Gasteiger partial charge in [-0.2, -0.15) is 4.31 Å². The zero-order valence-corrected chi connectivity index (χ0v) is 12.8. The molecule has 1 atom stereocenters. The molecule has 3 rings (SSSR count). The lowest BCUT2D eigenvalue weighted by Crippen LogP contribution is -2.45. The van der Waals surface area contributed by atoms with Gasteiger partial charge in [0.25, 0.3) is 0 Å². The number of benzene rings is 2. The predicted octanol–water partition coefficient (Wildman–Crippen LogP) is 2.64. The summed E-state index contributed by atoms with van der Waals surface area (Å²) in [7, 11) is -3.48. The number of hydrogen-bond acceptors (Lipinski definition) is 3. The van der Waals surface area contributed by atoms with Gasteiger partial charge in [-0.1, -0.05) is 43.3 Å². The molecule has 1 saturated heterocycles. The fourth-order valence-corrected chi connectivity index (χ4v) is 4.39.